The van der Waals surface area contributed by atoms with Crippen LogP contribution < -0.4 is 5.32 Å². The first kappa shape index (κ1) is 14.3. The highest BCUT2D eigenvalue weighted by molar-refractivity contribution is 6.30. The lowest BCUT2D eigenvalue weighted by atomic mass is 10.1. The first-order valence-corrected chi connectivity index (χ1v) is 6.12. The fourth-order valence-electron chi connectivity index (χ4n) is 1.28. The molecule has 0 bridgehead atoms. The van der Waals surface area contributed by atoms with Crippen LogP contribution in [0.5, 0.6) is 0 Å². The van der Waals surface area contributed by atoms with Crippen LogP contribution in [0.3, 0.4) is 0 Å². The molecule has 1 aromatic rings. The first-order valence-electron chi connectivity index (χ1n) is 5.75. The van der Waals surface area contributed by atoms with Crippen molar-refractivity contribution in [2.24, 2.45) is 0 Å². The van der Waals surface area contributed by atoms with Crippen molar-refractivity contribution in [2.75, 3.05) is 0 Å². The molecule has 4 heteroatoms. The van der Waals surface area contributed by atoms with Gasteiger partial charge in [-0.1, -0.05) is 30.7 Å². The van der Waals surface area contributed by atoms with Gasteiger partial charge in [0.15, 0.2) is 0 Å². The highest BCUT2D eigenvalue weighted by atomic mass is 35.5. The molecule has 0 aromatic heterocycles. The minimum atomic E-state index is -0.346. The Kier molecular flexibility index (Phi) is 5.41. The standard InChI is InChI=1S/C14H15ClN2O/c1-3-10(2)17-14(18)12(9-16)8-11-4-6-13(15)7-5-11/h4-8,10H,3H2,1-2H3,(H,17,18)/b12-8+/t10-/m1/s1. The molecule has 1 N–H and O–H groups in total. The molecule has 0 aliphatic carbocycles. The van der Waals surface area contributed by atoms with Crippen LogP contribution in [0, 0.1) is 11.3 Å². The van der Waals surface area contributed by atoms with Crippen molar-refractivity contribution in [3.05, 3.63) is 40.4 Å². The molecule has 1 aromatic carbocycles. The molecule has 1 amide bonds. The summed E-state index contributed by atoms with van der Waals surface area (Å²) in [6.07, 6.45) is 2.37. The highest BCUT2D eigenvalue weighted by Crippen LogP contribution is 2.12. The quantitative estimate of drug-likeness (QED) is 0.669. The van der Waals surface area contributed by atoms with Gasteiger partial charge in [-0.25, -0.2) is 0 Å². The largest absolute Gasteiger partial charge is 0.349 e. The van der Waals surface area contributed by atoms with Crippen LogP contribution in [0.15, 0.2) is 29.8 Å². The Bertz CT molecular complexity index is 486. The van der Waals surface area contributed by atoms with Gasteiger partial charge in [0.05, 0.1) is 0 Å². The molecule has 0 fully saturated rings. The number of nitrogens with zero attached hydrogens (tertiary/aromatic N) is 1. The second kappa shape index (κ2) is 6.83. The van der Waals surface area contributed by atoms with E-state index in [2.05, 4.69) is 5.32 Å². The fourth-order valence-corrected chi connectivity index (χ4v) is 1.40. The maximum absolute atomic E-state index is 11.8. The second-order valence-electron chi connectivity index (χ2n) is 4.00. The lowest BCUT2D eigenvalue weighted by molar-refractivity contribution is -0.117. The number of carbonyl (C=O) groups excluding carboxylic acids is 1. The highest BCUT2D eigenvalue weighted by Gasteiger charge is 2.11. The number of hydrogen-bond donors (Lipinski definition) is 1. The van der Waals surface area contributed by atoms with Crippen LogP contribution in [-0.4, -0.2) is 11.9 Å². The van der Waals surface area contributed by atoms with Gasteiger partial charge in [0.2, 0.25) is 0 Å². The van der Waals surface area contributed by atoms with Crippen LogP contribution in [-0.2, 0) is 4.79 Å². The average Bonchev–Trinajstić information content (AvgIpc) is 2.37. The van der Waals surface area contributed by atoms with E-state index in [0.717, 1.165) is 12.0 Å². The van der Waals surface area contributed by atoms with Gasteiger partial charge in [0.25, 0.3) is 5.91 Å². The summed E-state index contributed by atoms with van der Waals surface area (Å²) in [6.45, 7) is 3.87. The summed E-state index contributed by atoms with van der Waals surface area (Å²) in [7, 11) is 0. The van der Waals surface area contributed by atoms with Crippen molar-refractivity contribution in [1.82, 2.24) is 5.32 Å². The number of nitriles is 1. The first-order chi connectivity index (χ1) is 8.56. The maximum Gasteiger partial charge on any atom is 0.262 e. The normalized spacial score (nSPS) is 12.7. The van der Waals surface area contributed by atoms with Crippen molar-refractivity contribution in [3.63, 3.8) is 0 Å². The summed E-state index contributed by atoms with van der Waals surface area (Å²) < 4.78 is 0. The molecule has 0 aliphatic rings. The Morgan fingerprint density at radius 2 is 2.11 bits per heavy atom. The summed E-state index contributed by atoms with van der Waals surface area (Å²) in [5, 5.41) is 12.4. The molecule has 1 rings (SSSR count). The minimum absolute atomic E-state index is 0.0551. The van der Waals surface area contributed by atoms with E-state index in [1.807, 2.05) is 19.9 Å². The maximum atomic E-state index is 11.8. The molecule has 0 saturated carbocycles. The molecule has 18 heavy (non-hydrogen) atoms. The van der Waals surface area contributed by atoms with Crippen LogP contribution in [0.25, 0.3) is 6.08 Å². The smallest absolute Gasteiger partial charge is 0.262 e. The topological polar surface area (TPSA) is 52.9 Å². The number of rotatable bonds is 4. The van der Waals surface area contributed by atoms with E-state index in [-0.39, 0.29) is 17.5 Å². The van der Waals surface area contributed by atoms with Gasteiger partial charge in [-0.3, -0.25) is 4.79 Å². The molecular weight excluding hydrogens is 248 g/mol. The van der Waals surface area contributed by atoms with E-state index in [9.17, 15) is 4.79 Å². The molecule has 0 unspecified atom stereocenters. The number of benzene rings is 1. The molecule has 0 radical (unpaired) electrons. The number of carbonyl (C=O) groups is 1. The Labute approximate surface area is 112 Å². The monoisotopic (exact) mass is 262 g/mol. The zero-order valence-electron chi connectivity index (χ0n) is 10.4. The summed E-state index contributed by atoms with van der Waals surface area (Å²) in [6, 6.07) is 8.92. The van der Waals surface area contributed by atoms with Crippen molar-refractivity contribution < 1.29 is 4.79 Å². The molecule has 0 spiro atoms. The second-order valence-corrected chi connectivity index (χ2v) is 4.44. The SMILES string of the molecule is CC[C@@H](C)NC(=O)/C(C#N)=C/c1ccc(Cl)cc1. The Morgan fingerprint density at radius 1 is 1.50 bits per heavy atom. The van der Waals surface area contributed by atoms with Gasteiger partial charge in [-0.2, -0.15) is 5.26 Å². The summed E-state index contributed by atoms with van der Waals surface area (Å²) in [5.74, 6) is -0.346. The molecule has 94 valence electrons. The van der Waals surface area contributed by atoms with Crippen LogP contribution in [0.4, 0.5) is 0 Å². The average molecular weight is 263 g/mol. The molecule has 0 aliphatic heterocycles. The number of hydrogen-bond acceptors (Lipinski definition) is 2. The van der Waals surface area contributed by atoms with E-state index in [1.54, 1.807) is 30.3 Å². The number of nitrogens with one attached hydrogen (secondary N) is 1. The molecule has 0 saturated heterocycles. The van der Waals surface area contributed by atoms with E-state index in [4.69, 9.17) is 16.9 Å². The van der Waals surface area contributed by atoms with Gasteiger partial charge in [-0.15, -0.1) is 0 Å². The molecular formula is C14H15ClN2O. The van der Waals surface area contributed by atoms with Gasteiger partial charge in [0.1, 0.15) is 11.6 Å². The molecule has 1 atom stereocenters. The summed E-state index contributed by atoms with van der Waals surface area (Å²) in [5.41, 5.74) is 0.868. The van der Waals surface area contributed by atoms with Gasteiger partial charge < -0.3 is 5.32 Å². The fraction of sp³-hybridized carbons (Fsp3) is 0.286. The van der Waals surface area contributed by atoms with Crippen LogP contribution >= 0.6 is 11.6 Å². The van der Waals surface area contributed by atoms with Crippen molar-refractivity contribution in [2.45, 2.75) is 26.3 Å². The van der Waals surface area contributed by atoms with Crippen molar-refractivity contribution in [1.29, 1.82) is 5.26 Å². The third kappa shape index (κ3) is 4.23. The molecule has 0 heterocycles. The zero-order valence-corrected chi connectivity index (χ0v) is 11.2. The van der Waals surface area contributed by atoms with E-state index < -0.39 is 0 Å². The number of halogens is 1. The summed E-state index contributed by atoms with van der Waals surface area (Å²) in [4.78, 5) is 11.8. The predicted molar refractivity (Wildman–Crippen MR) is 72.9 cm³/mol. The zero-order chi connectivity index (χ0) is 13.5. The molecule has 3 nitrogen and oxygen atoms in total. The Balaban J connectivity index is 2.86. The van der Waals surface area contributed by atoms with E-state index in [1.165, 1.54) is 0 Å². The Morgan fingerprint density at radius 3 is 2.61 bits per heavy atom. The van der Waals surface area contributed by atoms with Gasteiger partial charge >= 0.3 is 0 Å². The van der Waals surface area contributed by atoms with Crippen LogP contribution in [0.1, 0.15) is 25.8 Å². The predicted octanol–water partition coefficient (Wildman–Crippen LogP) is 3.16. The van der Waals surface area contributed by atoms with Gasteiger partial charge in [-0.05, 0) is 37.1 Å². The van der Waals surface area contributed by atoms with Crippen LogP contribution in [0.2, 0.25) is 5.02 Å². The third-order valence-electron chi connectivity index (χ3n) is 2.54. The van der Waals surface area contributed by atoms with E-state index >= 15 is 0 Å². The lowest BCUT2D eigenvalue weighted by Gasteiger charge is -2.10. The van der Waals surface area contributed by atoms with Crippen molar-refractivity contribution >= 4 is 23.6 Å². The number of amides is 1. The lowest BCUT2D eigenvalue weighted by Crippen LogP contribution is -2.32. The van der Waals surface area contributed by atoms with Crippen molar-refractivity contribution in [3.8, 4) is 6.07 Å². The summed E-state index contributed by atoms with van der Waals surface area (Å²) >= 11 is 5.77. The van der Waals surface area contributed by atoms with Gasteiger partial charge in [0, 0.05) is 11.1 Å². The Hall–Kier alpha value is -1.79. The minimum Gasteiger partial charge on any atom is -0.349 e. The van der Waals surface area contributed by atoms with E-state index in [0.29, 0.717) is 5.02 Å². The third-order valence-corrected chi connectivity index (χ3v) is 2.79.